The lowest BCUT2D eigenvalue weighted by atomic mass is 10.0. The summed E-state index contributed by atoms with van der Waals surface area (Å²) in [4.78, 5) is 19.2. The largest absolute Gasteiger partial charge is 0.467 e. The Kier molecular flexibility index (Phi) is 4.92. The van der Waals surface area contributed by atoms with Crippen LogP contribution in [-0.2, 0) is 13.1 Å². The molecular formula is C22H19ClN2O3. The normalized spacial score (nSPS) is 11.1. The molecule has 0 fully saturated rings. The van der Waals surface area contributed by atoms with Crippen LogP contribution in [0.5, 0.6) is 0 Å². The Morgan fingerprint density at radius 1 is 1.07 bits per heavy atom. The van der Waals surface area contributed by atoms with Crippen molar-refractivity contribution in [2.24, 2.45) is 0 Å². The quantitative estimate of drug-likeness (QED) is 0.417. The third-order valence-corrected chi connectivity index (χ3v) is 5.17. The lowest BCUT2D eigenvalue weighted by Crippen LogP contribution is -2.30. The monoisotopic (exact) mass is 394 g/mol. The molecule has 3 aromatic heterocycles. The highest BCUT2D eigenvalue weighted by molar-refractivity contribution is 6.30. The number of amides is 1. The highest BCUT2D eigenvalue weighted by Gasteiger charge is 2.22. The van der Waals surface area contributed by atoms with Crippen molar-refractivity contribution >= 4 is 28.4 Å². The fourth-order valence-electron chi connectivity index (χ4n) is 3.17. The molecule has 0 atom stereocenters. The van der Waals surface area contributed by atoms with Crippen molar-refractivity contribution in [3.8, 4) is 0 Å². The Morgan fingerprint density at radius 3 is 2.57 bits per heavy atom. The number of benzene rings is 1. The summed E-state index contributed by atoms with van der Waals surface area (Å²) in [6.07, 6.45) is 3.06. The van der Waals surface area contributed by atoms with Crippen LogP contribution >= 0.6 is 11.6 Å². The van der Waals surface area contributed by atoms with Gasteiger partial charge < -0.3 is 13.7 Å². The van der Waals surface area contributed by atoms with E-state index in [1.807, 2.05) is 32.0 Å². The van der Waals surface area contributed by atoms with Gasteiger partial charge in [0, 0.05) is 17.5 Å². The fourth-order valence-corrected chi connectivity index (χ4v) is 3.37. The molecule has 0 aliphatic carbocycles. The maximum Gasteiger partial charge on any atom is 0.290 e. The Bertz CT molecular complexity index is 1120. The number of nitrogens with zero attached hydrogens (tertiary/aromatic N) is 2. The van der Waals surface area contributed by atoms with Gasteiger partial charge in [-0.2, -0.15) is 0 Å². The van der Waals surface area contributed by atoms with E-state index < -0.39 is 0 Å². The summed E-state index contributed by atoms with van der Waals surface area (Å²) in [7, 11) is 0. The van der Waals surface area contributed by atoms with E-state index in [9.17, 15) is 4.79 Å². The Balaban J connectivity index is 1.70. The third-order valence-electron chi connectivity index (χ3n) is 4.84. The van der Waals surface area contributed by atoms with E-state index in [0.717, 1.165) is 27.6 Å². The zero-order valence-electron chi connectivity index (χ0n) is 15.6. The second kappa shape index (κ2) is 7.52. The van der Waals surface area contributed by atoms with Crippen LogP contribution in [0.4, 0.5) is 0 Å². The zero-order chi connectivity index (χ0) is 19.7. The number of halogens is 1. The summed E-state index contributed by atoms with van der Waals surface area (Å²) in [5, 5.41) is 1.38. The summed E-state index contributed by atoms with van der Waals surface area (Å²) >= 11 is 6.49. The molecule has 4 aromatic rings. The van der Waals surface area contributed by atoms with Crippen molar-refractivity contribution in [2.75, 3.05) is 0 Å². The molecule has 3 heterocycles. The van der Waals surface area contributed by atoms with E-state index in [1.54, 1.807) is 29.4 Å². The van der Waals surface area contributed by atoms with Crippen LogP contribution in [0.15, 0.2) is 63.8 Å². The molecule has 0 unspecified atom stereocenters. The average molecular weight is 395 g/mol. The van der Waals surface area contributed by atoms with Crippen LogP contribution in [0, 0.1) is 13.8 Å². The summed E-state index contributed by atoms with van der Waals surface area (Å²) in [5.74, 6) is 0.705. The van der Waals surface area contributed by atoms with Crippen LogP contribution in [0.2, 0.25) is 5.15 Å². The molecular weight excluding hydrogens is 376 g/mol. The lowest BCUT2D eigenvalue weighted by molar-refractivity contribution is 0.0685. The number of carbonyl (C=O) groups excluding carboxylic acids is 1. The second-order valence-electron chi connectivity index (χ2n) is 6.74. The summed E-state index contributed by atoms with van der Waals surface area (Å²) in [5.41, 5.74) is 3.91. The Labute approximate surface area is 167 Å². The van der Waals surface area contributed by atoms with Gasteiger partial charge in [0.2, 0.25) is 0 Å². The molecule has 1 amide bonds. The van der Waals surface area contributed by atoms with Crippen LogP contribution < -0.4 is 0 Å². The molecule has 28 heavy (non-hydrogen) atoms. The first-order chi connectivity index (χ1) is 13.5. The minimum absolute atomic E-state index is 0.238. The molecule has 0 radical (unpaired) electrons. The number of furan rings is 2. The number of pyridine rings is 1. The first-order valence-corrected chi connectivity index (χ1v) is 9.31. The molecule has 4 rings (SSSR count). The van der Waals surface area contributed by atoms with Crippen LogP contribution in [0.1, 0.15) is 33.0 Å². The number of hydrogen-bond acceptors (Lipinski definition) is 4. The van der Waals surface area contributed by atoms with Crippen molar-refractivity contribution in [3.63, 3.8) is 0 Å². The van der Waals surface area contributed by atoms with Gasteiger partial charge in [-0.3, -0.25) is 4.79 Å². The van der Waals surface area contributed by atoms with E-state index >= 15 is 0 Å². The third kappa shape index (κ3) is 3.53. The van der Waals surface area contributed by atoms with E-state index in [-0.39, 0.29) is 18.2 Å². The van der Waals surface area contributed by atoms with Gasteiger partial charge in [-0.15, -0.1) is 0 Å². The standard InChI is InChI=1S/C22H19ClN2O3/c1-14-7-8-16-11-17(21(23)24-20(16)15(14)2)12-25(13-18-5-3-9-27-18)22(26)19-6-4-10-28-19/h3-11H,12-13H2,1-2H3. The first-order valence-electron chi connectivity index (χ1n) is 8.93. The van der Waals surface area contributed by atoms with E-state index in [1.165, 1.54) is 6.26 Å². The predicted octanol–water partition coefficient (Wildman–Crippen LogP) is 5.53. The zero-order valence-corrected chi connectivity index (χ0v) is 16.4. The number of fused-ring (bicyclic) bond motifs is 1. The molecule has 6 heteroatoms. The molecule has 0 N–H and O–H groups in total. The molecule has 0 spiro atoms. The predicted molar refractivity (Wildman–Crippen MR) is 107 cm³/mol. The van der Waals surface area contributed by atoms with E-state index in [4.69, 9.17) is 20.4 Å². The number of rotatable bonds is 5. The second-order valence-corrected chi connectivity index (χ2v) is 7.09. The number of carbonyl (C=O) groups is 1. The molecule has 1 aromatic carbocycles. The minimum Gasteiger partial charge on any atom is -0.467 e. The summed E-state index contributed by atoms with van der Waals surface area (Å²) < 4.78 is 10.7. The average Bonchev–Trinajstić information content (AvgIpc) is 3.39. The van der Waals surface area contributed by atoms with Gasteiger partial charge in [0.1, 0.15) is 10.9 Å². The summed E-state index contributed by atoms with van der Waals surface area (Å²) in [6.45, 7) is 4.67. The minimum atomic E-state index is -0.238. The van der Waals surface area contributed by atoms with E-state index in [2.05, 4.69) is 11.1 Å². The SMILES string of the molecule is Cc1ccc2cc(CN(Cc3ccco3)C(=O)c3ccco3)c(Cl)nc2c1C. The molecule has 0 saturated carbocycles. The molecule has 0 bridgehead atoms. The fraction of sp³-hybridized carbons (Fsp3) is 0.182. The van der Waals surface area contributed by atoms with Gasteiger partial charge in [-0.1, -0.05) is 23.7 Å². The Hall–Kier alpha value is -3.05. The molecule has 5 nitrogen and oxygen atoms in total. The van der Waals surface area contributed by atoms with Crippen molar-refractivity contribution in [3.05, 3.63) is 88.4 Å². The number of aromatic nitrogens is 1. The maximum absolute atomic E-state index is 12.9. The number of hydrogen-bond donors (Lipinski definition) is 0. The maximum atomic E-state index is 12.9. The van der Waals surface area contributed by atoms with Gasteiger partial charge in [-0.25, -0.2) is 4.98 Å². The molecule has 0 aliphatic rings. The topological polar surface area (TPSA) is 59.5 Å². The van der Waals surface area contributed by atoms with Crippen LogP contribution in [0.3, 0.4) is 0 Å². The molecule has 0 aliphatic heterocycles. The lowest BCUT2D eigenvalue weighted by Gasteiger charge is -2.21. The molecule has 0 saturated heterocycles. The highest BCUT2D eigenvalue weighted by atomic mass is 35.5. The van der Waals surface area contributed by atoms with Crippen LogP contribution in [0.25, 0.3) is 10.9 Å². The van der Waals surface area contributed by atoms with Crippen molar-refractivity contribution in [1.29, 1.82) is 0 Å². The van der Waals surface area contributed by atoms with Crippen molar-refractivity contribution in [2.45, 2.75) is 26.9 Å². The van der Waals surface area contributed by atoms with Crippen LogP contribution in [-0.4, -0.2) is 15.8 Å². The van der Waals surface area contributed by atoms with Gasteiger partial charge >= 0.3 is 0 Å². The molecule has 142 valence electrons. The van der Waals surface area contributed by atoms with Crippen molar-refractivity contribution < 1.29 is 13.6 Å². The van der Waals surface area contributed by atoms with E-state index in [0.29, 0.717) is 17.5 Å². The van der Waals surface area contributed by atoms with Crippen molar-refractivity contribution in [1.82, 2.24) is 9.88 Å². The Morgan fingerprint density at radius 2 is 1.86 bits per heavy atom. The van der Waals surface area contributed by atoms with Gasteiger partial charge in [0.25, 0.3) is 5.91 Å². The van der Waals surface area contributed by atoms with Gasteiger partial charge in [0.15, 0.2) is 5.76 Å². The smallest absolute Gasteiger partial charge is 0.290 e. The van der Waals surface area contributed by atoms with Gasteiger partial charge in [0.05, 0.1) is 24.6 Å². The number of aryl methyl sites for hydroxylation is 2. The van der Waals surface area contributed by atoms with Gasteiger partial charge in [-0.05, 0) is 55.3 Å². The first kappa shape index (κ1) is 18.3. The summed E-state index contributed by atoms with van der Waals surface area (Å²) in [6, 6.07) is 13.0. The highest BCUT2D eigenvalue weighted by Crippen LogP contribution is 2.26.